The molecule has 4 aromatic rings. The van der Waals surface area contributed by atoms with Crippen molar-refractivity contribution in [3.8, 4) is 0 Å². The number of unbranched alkanes of at least 4 members (excludes halogenated alkanes) is 3. The summed E-state index contributed by atoms with van der Waals surface area (Å²) in [5, 5.41) is 1.83. The number of aromatic nitrogens is 1. The van der Waals surface area contributed by atoms with Gasteiger partial charge in [-0.3, -0.25) is 9.59 Å². The van der Waals surface area contributed by atoms with E-state index in [-0.39, 0.29) is 35.0 Å². The second-order valence-electron chi connectivity index (χ2n) is 8.16. The quantitative estimate of drug-likeness (QED) is 0.262. The Morgan fingerprint density at radius 3 is 2.31 bits per heavy atom. The molecule has 2 aromatic heterocycles. The largest absolute Gasteiger partial charge is 0.462 e. The van der Waals surface area contributed by atoms with Crippen LogP contribution >= 0.6 is 0 Å². The van der Waals surface area contributed by atoms with Crippen LogP contribution in [-0.4, -0.2) is 28.5 Å². The molecule has 0 saturated heterocycles. The molecule has 160 valence electrons. The Labute approximate surface area is 185 Å². The van der Waals surface area contributed by atoms with Gasteiger partial charge in [0.15, 0.2) is 5.78 Å². The molecule has 1 aliphatic rings. The summed E-state index contributed by atoms with van der Waals surface area (Å²) in [4.78, 5) is 40.2. The van der Waals surface area contributed by atoms with Crippen LogP contribution in [0.3, 0.4) is 0 Å². The fraction of sp³-hybridized carbons (Fsp3) is 0.222. The standard InChI is InChI=1S/C27H23NO4/c1-2-3-4-9-14-32-27(31)22-21-15-17-10-5-6-11-18(17)16-28(21)24-23(22)25(29)19-12-7-8-13-20(19)26(24)30/h5-8,10-13,15-16H,2-4,9,14H2,1H3. The Balaban J connectivity index is 1.70. The Hall–Kier alpha value is -3.73. The van der Waals surface area contributed by atoms with Gasteiger partial charge >= 0.3 is 5.97 Å². The first-order valence-electron chi connectivity index (χ1n) is 11.0. The molecule has 32 heavy (non-hydrogen) atoms. The molecule has 5 rings (SSSR count). The van der Waals surface area contributed by atoms with Crippen LogP contribution in [0.4, 0.5) is 0 Å². The minimum Gasteiger partial charge on any atom is -0.462 e. The van der Waals surface area contributed by atoms with E-state index in [0.717, 1.165) is 36.5 Å². The minimum atomic E-state index is -0.559. The van der Waals surface area contributed by atoms with Gasteiger partial charge in [0.1, 0.15) is 5.69 Å². The third-order valence-corrected chi connectivity index (χ3v) is 6.09. The Morgan fingerprint density at radius 1 is 0.875 bits per heavy atom. The average Bonchev–Trinajstić information content (AvgIpc) is 3.15. The monoisotopic (exact) mass is 425 g/mol. The lowest BCUT2D eigenvalue weighted by Gasteiger charge is -2.15. The third-order valence-electron chi connectivity index (χ3n) is 6.09. The van der Waals surface area contributed by atoms with Gasteiger partial charge in [-0.2, -0.15) is 0 Å². The number of rotatable bonds is 6. The summed E-state index contributed by atoms with van der Waals surface area (Å²) in [6.07, 6.45) is 5.74. The first kappa shape index (κ1) is 20.2. The molecule has 5 heteroatoms. The Morgan fingerprint density at radius 2 is 1.56 bits per heavy atom. The predicted octanol–water partition coefficient (Wildman–Crippen LogP) is 5.61. The molecule has 0 saturated carbocycles. The predicted molar refractivity (Wildman–Crippen MR) is 123 cm³/mol. The number of hydrogen-bond acceptors (Lipinski definition) is 4. The van der Waals surface area contributed by atoms with Gasteiger partial charge in [-0.1, -0.05) is 74.7 Å². The van der Waals surface area contributed by atoms with Crippen molar-refractivity contribution < 1.29 is 19.1 Å². The van der Waals surface area contributed by atoms with Crippen LogP contribution in [0.15, 0.2) is 60.8 Å². The van der Waals surface area contributed by atoms with Crippen molar-refractivity contribution in [2.75, 3.05) is 6.61 Å². The van der Waals surface area contributed by atoms with Crippen molar-refractivity contribution in [3.63, 3.8) is 0 Å². The summed E-state index contributed by atoms with van der Waals surface area (Å²) < 4.78 is 7.26. The smallest absolute Gasteiger partial charge is 0.341 e. The molecule has 2 heterocycles. The zero-order chi connectivity index (χ0) is 22.2. The van der Waals surface area contributed by atoms with Crippen LogP contribution in [0.25, 0.3) is 16.3 Å². The van der Waals surface area contributed by atoms with E-state index in [1.807, 2.05) is 36.5 Å². The molecule has 0 amide bonds. The molecule has 1 aliphatic carbocycles. The molecule has 2 aromatic carbocycles. The number of esters is 1. The summed E-state index contributed by atoms with van der Waals surface area (Å²) in [5.41, 5.74) is 1.74. The highest BCUT2D eigenvalue weighted by Gasteiger charge is 2.38. The summed E-state index contributed by atoms with van der Waals surface area (Å²) >= 11 is 0. The van der Waals surface area contributed by atoms with Crippen molar-refractivity contribution in [2.45, 2.75) is 32.6 Å². The molecular formula is C27H23NO4. The van der Waals surface area contributed by atoms with Crippen LogP contribution in [0.5, 0.6) is 0 Å². The number of pyridine rings is 1. The third kappa shape index (κ3) is 3.12. The van der Waals surface area contributed by atoms with Crippen LogP contribution in [0.1, 0.15) is 74.9 Å². The number of carbonyl (C=O) groups excluding carboxylic acids is 3. The van der Waals surface area contributed by atoms with E-state index in [9.17, 15) is 14.4 Å². The van der Waals surface area contributed by atoms with E-state index in [4.69, 9.17) is 4.74 Å². The fourth-order valence-corrected chi connectivity index (χ4v) is 4.49. The molecule has 0 N–H and O–H groups in total. The molecule has 0 spiro atoms. The number of fused-ring (bicyclic) bond motifs is 5. The summed E-state index contributed by atoms with van der Waals surface area (Å²) in [5.74, 6) is -1.14. The van der Waals surface area contributed by atoms with Gasteiger partial charge < -0.3 is 9.14 Å². The number of hydrogen-bond donors (Lipinski definition) is 0. The molecular weight excluding hydrogens is 402 g/mol. The Bertz CT molecular complexity index is 1400. The van der Waals surface area contributed by atoms with Gasteiger partial charge in [0.25, 0.3) is 0 Å². The maximum Gasteiger partial charge on any atom is 0.341 e. The van der Waals surface area contributed by atoms with E-state index in [0.29, 0.717) is 16.6 Å². The summed E-state index contributed by atoms with van der Waals surface area (Å²) in [6, 6.07) is 16.3. The summed E-state index contributed by atoms with van der Waals surface area (Å²) in [6.45, 7) is 2.41. The van der Waals surface area contributed by atoms with Gasteiger partial charge in [0, 0.05) is 17.3 Å². The molecule has 0 unspecified atom stereocenters. The molecule has 0 fully saturated rings. The highest BCUT2D eigenvalue weighted by molar-refractivity contribution is 6.32. The summed E-state index contributed by atoms with van der Waals surface area (Å²) in [7, 11) is 0. The van der Waals surface area contributed by atoms with Gasteiger partial charge in [0.05, 0.1) is 23.3 Å². The van der Waals surface area contributed by atoms with Crippen molar-refractivity contribution in [1.29, 1.82) is 0 Å². The molecule has 5 nitrogen and oxygen atoms in total. The SMILES string of the molecule is CCCCCCOC(=O)c1c2c(n3cc4ccccc4cc13)C(=O)c1ccccc1C2=O. The number of carbonyl (C=O) groups is 3. The van der Waals surface area contributed by atoms with Gasteiger partial charge in [0.2, 0.25) is 5.78 Å². The zero-order valence-electron chi connectivity index (χ0n) is 17.9. The average molecular weight is 425 g/mol. The number of nitrogens with zero attached hydrogens (tertiary/aromatic N) is 1. The lowest BCUT2D eigenvalue weighted by molar-refractivity contribution is 0.0497. The normalized spacial score (nSPS) is 12.8. The maximum atomic E-state index is 13.5. The zero-order valence-corrected chi connectivity index (χ0v) is 17.9. The van der Waals surface area contributed by atoms with Gasteiger partial charge in [-0.05, 0) is 23.3 Å². The molecule has 0 aliphatic heterocycles. The van der Waals surface area contributed by atoms with Gasteiger partial charge in [-0.25, -0.2) is 4.79 Å². The lowest BCUT2D eigenvalue weighted by Crippen LogP contribution is -2.23. The van der Waals surface area contributed by atoms with Crippen molar-refractivity contribution >= 4 is 33.8 Å². The number of ether oxygens (including phenoxy) is 1. The van der Waals surface area contributed by atoms with Crippen molar-refractivity contribution in [2.24, 2.45) is 0 Å². The second kappa shape index (κ2) is 8.08. The first-order valence-corrected chi connectivity index (χ1v) is 11.0. The second-order valence-corrected chi connectivity index (χ2v) is 8.16. The molecule has 0 bridgehead atoms. The fourth-order valence-electron chi connectivity index (χ4n) is 4.49. The van der Waals surface area contributed by atoms with Gasteiger partial charge in [-0.15, -0.1) is 0 Å². The van der Waals surface area contributed by atoms with E-state index in [1.54, 1.807) is 28.7 Å². The van der Waals surface area contributed by atoms with E-state index < -0.39 is 5.97 Å². The molecule has 0 atom stereocenters. The van der Waals surface area contributed by atoms with Crippen LogP contribution < -0.4 is 0 Å². The Kier molecular flexibility index (Phi) is 5.10. The van der Waals surface area contributed by atoms with Crippen molar-refractivity contribution in [3.05, 3.63) is 88.7 Å². The number of ketones is 2. The highest BCUT2D eigenvalue weighted by Crippen LogP contribution is 2.35. The highest BCUT2D eigenvalue weighted by atomic mass is 16.5. The van der Waals surface area contributed by atoms with E-state index >= 15 is 0 Å². The lowest BCUT2D eigenvalue weighted by atomic mass is 9.86. The van der Waals surface area contributed by atoms with Crippen molar-refractivity contribution in [1.82, 2.24) is 4.40 Å². The maximum absolute atomic E-state index is 13.5. The minimum absolute atomic E-state index is 0.141. The number of benzene rings is 2. The van der Waals surface area contributed by atoms with E-state index in [1.165, 1.54) is 0 Å². The van der Waals surface area contributed by atoms with Crippen LogP contribution in [-0.2, 0) is 4.74 Å². The first-order chi connectivity index (χ1) is 15.6. The molecule has 0 radical (unpaired) electrons. The van der Waals surface area contributed by atoms with E-state index in [2.05, 4.69) is 6.92 Å². The van der Waals surface area contributed by atoms with Crippen LogP contribution in [0.2, 0.25) is 0 Å². The topological polar surface area (TPSA) is 64.8 Å². The van der Waals surface area contributed by atoms with Crippen LogP contribution in [0, 0.1) is 0 Å².